The highest BCUT2D eigenvalue weighted by atomic mass is 79.9. The molecule has 5 heteroatoms. The van der Waals surface area contributed by atoms with Gasteiger partial charge in [0, 0.05) is 8.95 Å². The first-order valence-corrected chi connectivity index (χ1v) is 6.94. The Balaban J connectivity index is 0.000000331. The van der Waals surface area contributed by atoms with E-state index in [2.05, 4.69) is 38.4 Å². The van der Waals surface area contributed by atoms with Crippen LogP contribution in [0.25, 0.3) is 6.08 Å². The number of carbonyl (C=O) groups is 1. The van der Waals surface area contributed by atoms with E-state index in [4.69, 9.17) is 10.8 Å². The second-order valence-corrected chi connectivity index (χ2v) is 5.60. The smallest absolute Gasteiger partial charge is 0.320 e. The van der Waals surface area contributed by atoms with Crippen molar-refractivity contribution >= 4 is 43.9 Å². The lowest BCUT2D eigenvalue weighted by molar-refractivity contribution is -0.139. The average Bonchev–Trinajstić information content (AvgIpc) is 2.32. The summed E-state index contributed by atoms with van der Waals surface area (Å²) in [6.45, 7) is 7.24. The highest BCUT2D eigenvalue weighted by molar-refractivity contribution is 9.13. The van der Waals surface area contributed by atoms with Crippen molar-refractivity contribution in [3.8, 4) is 0 Å². The fourth-order valence-electron chi connectivity index (χ4n) is 0.963. The van der Waals surface area contributed by atoms with Crippen LogP contribution in [0.4, 0.5) is 0 Å². The van der Waals surface area contributed by atoms with Crippen molar-refractivity contribution in [2.24, 2.45) is 11.7 Å². The van der Waals surface area contributed by atoms with Gasteiger partial charge in [0.25, 0.3) is 0 Å². The van der Waals surface area contributed by atoms with E-state index in [0.717, 1.165) is 14.5 Å². The lowest BCUT2D eigenvalue weighted by Crippen LogP contribution is -2.34. The van der Waals surface area contributed by atoms with Crippen molar-refractivity contribution in [2.75, 3.05) is 0 Å². The minimum Gasteiger partial charge on any atom is -0.480 e. The van der Waals surface area contributed by atoms with Gasteiger partial charge in [0.2, 0.25) is 0 Å². The monoisotopic (exact) mass is 377 g/mol. The van der Waals surface area contributed by atoms with Gasteiger partial charge < -0.3 is 10.8 Å². The highest BCUT2D eigenvalue weighted by Gasteiger charge is 2.14. The van der Waals surface area contributed by atoms with Crippen LogP contribution in [-0.2, 0) is 4.79 Å². The molecule has 0 fully saturated rings. The predicted molar refractivity (Wildman–Crippen MR) is 82.4 cm³/mol. The first kappa shape index (κ1) is 17.4. The first-order chi connectivity index (χ1) is 8.31. The zero-order valence-electron chi connectivity index (χ0n) is 10.4. The molecule has 0 saturated heterocycles. The molecule has 3 N–H and O–H groups in total. The minimum atomic E-state index is -0.931. The Bertz CT molecular complexity index is 419. The molecule has 0 bridgehead atoms. The molecule has 100 valence electrons. The molecular weight excluding hydrogens is 362 g/mol. The summed E-state index contributed by atoms with van der Waals surface area (Å²) >= 11 is 6.81. The largest absolute Gasteiger partial charge is 0.480 e. The van der Waals surface area contributed by atoms with Crippen LogP contribution in [0.2, 0.25) is 0 Å². The zero-order chi connectivity index (χ0) is 14.3. The third-order valence-electron chi connectivity index (χ3n) is 2.20. The van der Waals surface area contributed by atoms with Gasteiger partial charge in [0.05, 0.1) is 0 Å². The van der Waals surface area contributed by atoms with E-state index < -0.39 is 12.0 Å². The number of halogens is 2. The maximum atomic E-state index is 10.0. The van der Waals surface area contributed by atoms with E-state index in [1.165, 1.54) is 0 Å². The van der Waals surface area contributed by atoms with Crippen LogP contribution in [0.5, 0.6) is 0 Å². The lowest BCUT2D eigenvalue weighted by atomic mass is 10.1. The van der Waals surface area contributed by atoms with E-state index in [1.54, 1.807) is 13.8 Å². The molecule has 1 rings (SSSR count). The number of aliphatic carboxylic acids is 1. The van der Waals surface area contributed by atoms with Crippen LogP contribution in [0.3, 0.4) is 0 Å². The molecule has 0 aliphatic heterocycles. The van der Waals surface area contributed by atoms with Gasteiger partial charge in [-0.2, -0.15) is 0 Å². The second-order valence-electron chi connectivity index (χ2n) is 3.96. The SMILES string of the molecule is C=Cc1cccc(Br)c1Br.CC(C)[C@H](N)C(=O)O. The predicted octanol–water partition coefficient (Wildman–Crippen LogP) is 3.91. The number of hydrogen-bond donors (Lipinski definition) is 2. The summed E-state index contributed by atoms with van der Waals surface area (Å²) in [5, 5.41) is 8.23. The number of hydrogen-bond acceptors (Lipinski definition) is 2. The van der Waals surface area contributed by atoms with Crippen molar-refractivity contribution in [3.05, 3.63) is 39.3 Å². The molecule has 0 aromatic heterocycles. The van der Waals surface area contributed by atoms with Crippen LogP contribution in [0.1, 0.15) is 19.4 Å². The molecule has 1 aromatic rings. The average molecular weight is 379 g/mol. The van der Waals surface area contributed by atoms with E-state index in [-0.39, 0.29) is 5.92 Å². The molecule has 3 nitrogen and oxygen atoms in total. The molecular formula is C13H17Br2NO2. The normalized spacial score (nSPS) is 11.4. The van der Waals surface area contributed by atoms with Gasteiger partial charge in [-0.25, -0.2) is 0 Å². The van der Waals surface area contributed by atoms with Crippen molar-refractivity contribution in [1.82, 2.24) is 0 Å². The molecule has 1 aromatic carbocycles. The summed E-state index contributed by atoms with van der Waals surface area (Å²) in [6.07, 6.45) is 1.81. The molecule has 0 amide bonds. The first-order valence-electron chi connectivity index (χ1n) is 5.36. The molecule has 0 saturated carbocycles. The Hall–Kier alpha value is -0.650. The Labute approximate surface area is 124 Å². The topological polar surface area (TPSA) is 63.3 Å². The number of benzene rings is 1. The van der Waals surface area contributed by atoms with Gasteiger partial charge in [-0.3, -0.25) is 4.79 Å². The minimum absolute atomic E-state index is 0.0208. The fourth-order valence-corrected chi connectivity index (χ4v) is 1.77. The van der Waals surface area contributed by atoms with E-state index in [9.17, 15) is 4.79 Å². The Morgan fingerprint density at radius 1 is 1.44 bits per heavy atom. The molecule has 0 unspecified atom stereocenters. The molecule has 0 aliphatic carbocycles. The van der Waals surface area contributed by atoms with Gasteiger partial charge in [0.1, 0.15) is 6.04 Å². The van der Waals surface area contributed by atoms with E-state index in [0.29, 0.717) is 0 Å². The highest BCUT2D eigenvalue weighted by Crippen LogP contribution is 2.26. The third kappa shape index (κ3) is 5.80. The summed E-state index contributed by atoms with van der Waals surface area (Å²) in [5.41, 5.74) is 6.27. The number of carboxylic acid groups (broad SMARTS) is 1. The van der Waals surface area contributed by atoms with Crippen LogP contribution < -0.4 is 5.73 Å². The summed E-state index contributed by atoms with van der Waals surface area (Å²) < 4.78 is 2.12. The standard InChI is InChI=1S/C8H6Br2.C5H11NO2/c1-2-6-4-3-5-7(9)8(6)10;1-3(2)4(6)5(7)8/h2-5H,1H2;3-4H,6H2,1-2H3,(H,7,8)/t;4-/m.0/s1. The summed E-state index contributed by atoms with van der Waals surface area (Å²) in [6, 6.07) is 5.25. The van der Waals surface area contributed by atoms with E-state index in [1.807, 2.05) is 24.3 Å². The Morgan fingerprint density at radius 3 is 2.28 bits per heavy atom. The van der Waals surface area contributed by atoms with Gasteiger partial charge in [-0.05, 0) is 49.4 Å². The molecule has 0 radical (unpaired) electrons. The summed E-state index contributed by atoms with van der Waals surface area (Å²) in [5.74, 6) is -0.910. The molecule has 0 spiro atoms. The van der Waals surface area contributed by atoms with Crippen molar-refractivity contribution in [2.45, 2.75) is 19.9 Å². The van der Waals surface area contributed by atoms with Crippen molar-refractivity contribution < 1.29 is 9.90 Å². The maximum absolute atomic E-state index is 10.0. The van der Waals surface area contributed by atoms with Gasteiger partial charge in [0.15, 0.2) is 0 Å². The summed E-state index contributed by atoms with van der Waals surface area (Å²) in [7, 11) is 0. The molecule has 18 heavy (non-hydrogen) atoms. The number of nitrogens with two attached hydrogens (primary N) is 1. The van der Waals surface area contributed by atoms with Crippen LogP contribution in [0.15, 0.2) is 33.7 Å². The maximum Gasteiger partial charge on any atom is 0.320 e. The third-order valence-corrected chi connectivity index (χ3v) is 4.28. The zero-order valence-corrected chi connectivity index (χ0v) is 13.5. The van der Waals surface area contributed by atoms with Crippen molar-refractivity contribution in [1.29, 1.82) is 0 Å². The molecule has 0 heterocycles. The summed E-state index contributed by atoms with van der Waals surface area (Å²) in [4.78, 5) is 10.0. The Kier molecular flexibility index (Phi) is 8.15. The van der Waals surface area contributed by atoms with Crippen LogP contribution in [-0.4, -0.2) is 17.1 Å². The lowest BCUT2D eigenvalue weighted by Gasteiger charge is -2.07. The van der Waals surface area contributed by atoms with Crippen molar-refractivity contribution in [3.63, 3.8) is 0 Å². The van der Waals surface area contributed by atoms with Gasteiger partial charge in [-0.1, -0.05) is 38.6 Å². The number of rotatable bonds is 3. The second kappa shape index (κ2) is 8.45. The number of carboxylic acids is 1. The quantitative estimate of drug-likeness (QED) is 0.837. The molecule has 1 atom stereocenters. The van der Waals surface area contributed by atoms with Gasteiger partial charge >= 0.3 is 5.97 Å². The van der Waals surface area contributed by atoms with E-state index >= 15 is 0 Å². The fraction of sp³-hybridized carbons (Fsp3) is 0.308. The van der Waals surface area contributed by atoms with Crippen LogP contribution >= 0.6 is 31.9 Å². The van der Waals surface area contributed by atoms with Crippen LogP contribution in [0, 0.1) is 5.92 Å². The van der Waals surface area contributed by atoms with Gasteiger partial charge in [-0.15, -0.1) is 0 Å². The Morgan fingerprint density at radius 2 is 2.00 bits per heavy atom. The molecule has 0 aliphatic rings.